The van der Waals surface area contributed by atoms with E-state index >= 15 is 0 Å². The minimum Gasteiger partial charge on any atom is -0.302 e. The molecule has 0 aliphatic carbocycles. The van der Waals surface area contributed by atoms with Crippen LogP contribution in [0.15, 0.2) is 11.6 Å². The minimum absolute atomic E-state index is 0.0722. The molecule has 1 saturated heterocycles. The topological polar surface area (TPSA) is 17.1 Å². The number of allylic oxidation sites excluding steroid dienone is 2. The molecule has 1 atom stereocenters. The molecule has 1 aliphatic rings. The van der Waals surface area contributed by atoms with Crippen molar-refractivity contribution in [3.8, 4) is 0 Å². The summed E-state index contributed by atoms with van der Waals surface area (Å²) >= 11 is 1.82. The monoisotopic (exact) mass is 184 g/mol. The highest BCUT2D eigenvalue weighted by atomic mass is 32.2. The molecule has 1 heterocycles. The van der Waals surface area contributed by atoms with Crippen molar-refractivity contribution >= 4 is 18.0 Å². The fraction of sp³-hybridized carbons (Fsp3) is 0.700. The molecule has 1 nitrogen and oxygen atoms in total. The Morgan fingerprint density at radius 2 is 2.33 bits per heavy atom. The van der Waals surface area contributed by atoms with E-state index in [-0.39, 0.29) is 4.75 Å². The third kappa shape index (κ3) is 2.37. The molecule has 0 radical (unpaired) electrons. The summed E-state index contributed by atoms with van der Waals surface area (Å²) < 4.78 is -0.0722. The fourth-order valence-electron chi connectivity index (χ4n) is 1.40. The van der Waals surface area contributed by atoms with Crippen LogP contribution in [0.5, 0.6) is 0 Å². The molecule has 1 fully saturated rings. The second-order valence-electron chi connectivity index (χ2n) is 3.62. The molecule has 0 N–H and O–H groups in total. The molecular formula is C10H16OS. The van der Waals surface area contributed by atoms with Crippen LogP contribution in [0.1, 0.15) is 33.1 Å². The second-order valence-corrected chi connectivity index (χ2v) is 5.13. The smallest absolute Gasteiger partial charge is 0.136 e. The zero-order valence-corrected chi connectivity index (χ0v) is 8.62. The van der Waals surface area contributed by atoms with Gasteiger partial charge in [-0.15, -0.1) is 11.8 Å². The first-order valence-electron chi connectivity index (χ1n) is 4.42. The van der Waals surface area contributed by atoms with E-state index < -0.39 is 0 Å². The van der Waals surface area contributed by atoms with Crippen molar-refractivity contribution in [3.63, 3.8) is 0 Å². The first-order chi connectivity index (χ1) is 5.68. The van der Waals surface area contributed by atoms with Gasteiger partial charge in [0.25, 0.3) is 0 Å². The normalized spacial score (nSPS) is 28.5. The van der Waals surface area contributed by atoms with E-state index in [1.807, 2.05) is 11.8 Å². The van der Waals surface area contributed by atoms with E-state index in [2.05, 4.69) is 19.9 Å². The molecule has 0 bridgehead atoms. The fourth-order valence-corrected chi connectivity index (χ4v) is 2.65. The molecule has 0 spiro atoms. The number of aldehydes is 1. The Kier molecular flexibility index (Phi) is 3.39. The van der Waals surface area contributed by atoms with E-state index in [0.717, 1.165) is 24.9 Å². The van der Waals surface area contributed by atoms with Crippen molar-refractivity contribution in [2.45, 2.75) is 37.9 Å². The van der Waals surface area contributed by atoms with E-state index in [9.17, 15) is 4.79 Å². The highest BCUT2D eigenvalue weighted by Crippen LogP contribution is 2.39. The van der Waals surface area contributed by atoms with Gasteiger partial charge in [0, 0.05) is 0 Å². The lowest BCUT2D eigenvalue weighted by molar-refractivity contribution is -0.109. The largest absolute Gasteiger partial charge is 0.302 e. The van der Waals surface area contributed by atoms with Crippen molar-refractivity contribution < 1.29 is 4.79 Å². The van der Waals surface area contributed by atoms with Gasteiger partial charge in [0.1, 0.15) is 6.29 Å². The molecular weight excluding hydrogens is 168 g/mol. The summed E-state index contributed by atoms with van der Waals surface area (Å²) in [6.07, 6.45) is 6.49. The van der Waals surface area contributed by atoms with Crippen LogP contribution in [-0.4, -0.2) is 16.8 Å². The number of hydrogen-bond donors (Lipinski definition) is 0. The van der Waals surface area contributed by atoms with Crippen LogP contribution in [-0.2, 0) is 4.79 Å². The van der Waals surface area contributed by atoms with Gasteiger partial charge in [0.05, 0.1) is 4.75 Å². The average Bonchev–Trinajstić information content (AvgIpc) is 2.50. The molecule has 0 aromatic rings. The Morgan fingerprint density at radius 1 is 1.58 bits per heavy atom. The average molecular weight is 184 g/mol. The van der Waals surface area contributed by atoms with E-state index in [0.29, 0.717) is 0 Å². The molecule has 12 heavy (non-hydrogen) atoms. The van der Waals surface area contributed by atoms with Crippen LogP contribution in [0, 0.1) is 0 Å². The van der Waals surface area contributed by atoms with Crippen LogP contribution in [0.3, 0.4) is 0 Å². The molecule has 0 amide bonds. The highest BCUT2D eigenvalue weighted by molar-refractivity contribution is 8.01. The lowest BCUT2D eigenvalue weighted by Gasteiger charge is -2.18. The third-order valence-electron chi connectivity index (χ3n) is 2.20. The summed E-state index contributed by atoms with van der Waals surface area (Å²) in [7, 11) is 0. The number of carbonyl (C=O) groups is 1. The zero-order valence-electron chi connectivity index (χ0n) is 7.80. The Hall–Kier alpha value is -0.240. The molecule has 1 rings (SSSR count). The van der Waals surface area contributed by atoms with E-state index in [1.165, 1.54) is 12.0 Å². The zero-order chi connectivity index (χ0) is 9.03. The Balaban J connectivity index is 2.55. The molecule has 0 saturated carbocycles. The lowest BCUT2D eigenvalue weighted by Crippen LogP contribution is -2.21. The molecule has 1 unspecified atom stereocenters. The molecule has 68 valence electrons. The van der Waals surface area contributed by atoms with Crippen LogP contribution < -0.4 is 0 Å². The highest BCUT2D eigenvalue weighted by Gasteiger charge is 2.32. The molecule has 0 aromatic carbocycles. The van der Waals surface area contributed by atoms with Gasteiger partial charge in [0.2, 0.25) is 0 Å². The third-order valence-corrected chi connectivity index (χ3v) is 3.74. The maximum Gasteiger partial charge on any atom is 0.136 e. The van der Waals surface area contributed by atoms with Gasteiger partial charge >= 0.3 is 0 Å². The van der Waals surface area contributed by atoms with Crippen LogP contribution in [0.25, 0.3) is 0 Å². The summed E-state index contributed by atoms with van der Waals surface area (Å²) in [5.74, 6) is 1.15. The Bertz CT molecular complexity index is 186. The summed E-state index contributed by atoms with van der Waals surface area (Å²) in [5.41, 5.74) is 1.31. The number of rotatable bonds is 3. The summed E-state index contributed by atoms with van der Waals surface area (Å²) in [6, 6.07) is 0. The summed E-state index contributed by atoms with van der Waals surface area (Å²) in [4.78, 5) is 10.9. The second kappa shape index (κ2) is 4.13. The molecule has 0 aromatic heterocycles. The Labute approximate surface area is 78.6 Å². The predicted molar refractivity (Wildman–Crippen MR) is 54.5 cm³/mol. The van der Waals surface area contributed by atoms with Crippen molar-refractivity contribution in [3.05, 3.63) is 11.6 Å². The van der Waals surface area contributed by atoms with Gasteiger partial charge in [0.15, 0.2) is 0 Å². The molecule has 1 aliphatic heterocycles. The van der Waals surface area contributed by atoms with Gasteiger partial charge in [-0.25, -0.2) is 0 Å². The van der Waals surface area contributed by atoms with Crippen molar-refractivity contribution in [2.24, 2.45) is 0 Å². The first-order valence-corrected chi connectivity index (χ1v) is 5.41. The number of carbonyl (C=O) groups excluding carboxylic acids is 1. The maximum absolute atomic E-state index is 10.9. The van der Waals surface area contributed by atoms with Crippen LogP contribution in [0.4, 0.5) is 0 Å². The predicted octanol–water partition coefficient (Wildman–Crippen LogP) is 2.81. The number of hydrogen-bond acceptors (Lipinski definition) is 2. The standard InChI is InChI=1S/C10H16OS/c1-9(2)4-6-10(8-11)5-3-7-12-10/h4,8H,3,5-7H2,1-2H3. The van der Waals surface area contributed by atoms with Crippen LogP contribution in [0.2, 0.25) is 0 Å². The molecule has 2 heteroatoms. The minimum atomic E-state index is -0.0722. The van der Waals surface area contributed by atoms with Gasteiger partial charge in [-0.05, 0) is 38.9 Å². The van der Waals surface area contributed by atoms with Crippen molar-refractivity contribution in [1.29, 1.82) is 0 Å². The summed E-state index contributed by atoms with van der Waals surface area (Å²) in [5, 5.41) is 0. The van der Waals surface area contributed by atoms with Gasteiger partial charge < -0.3 is 4.79 Å². The quantitative estimate of drug-likeness (QED) is 0.495. The van der Waals surface area contributed by atoms with E-state index in [1.54, 1.807) is 0 Å². The lowest BCUT2D eigenvalue weighted by atomic mass is 10.00. The first kappa shape index (κ1) is 9.85. The maximum atomic E-state index is 10.9. The summed E-state index contributed by atoms with van der Waals surface area (Å²) in [6.45, 7) is 4.16. The SMILES string of the molecule is CC(C)=CCC1(C=O)CCCS1. The van der Waals surface area contributed by atoms with Crippen LogP contribution >= 0.6 is 11.8 Å². The Morgan fingerprint density at radius 3 is 2.75 bits per heavy atom. The van der Waals surface area contributed by atoms with Crippen molar-refractivity contribution in [2.75, 3.05) is 5.75 Å². The number of thioether (sulfide) groups is 1. The van der Waals surface area contributed by atoms with Gasteiger partial charge in [-0.1, -0.05) is 11.6 Å². The van der Waals surface area contributed by atoms with Gasteiger partial charge in [-0.2, -0.15) is 0 Å². The van der Waals surface area contributed by atoms with Crippen molar-refractivity contribution in [1.82, 2.24) is 0 Å². The van der Waals surface area contributed by atoms with E-state index in [4.69, 9.17) is 0 Å². The van der Waals surface area contributed by atoms with Gasteiger partial charge in [-0.3, -0.25) is 0 Å².